The number of hydrogen-bond acceptors (Lipinski definition) is 8. The standard InChI is InChI=1S/C22H23N7O2/c1-2-5-16(12-17-13-26-20-18(27-17)19(23)28-22(24)29-20)14-6-8-15(9-7-14)21(31)25-10-3-4-11-30/h1,6-9,11,13,16H,3-5,10,12H2,(H,25,31)(H4,23,24,26,28,29). The van der Waals surface area contributed by atoms with Crippen LogP contribution in [-0.4, -0.2) is 38.7 Å². The van der Waals surface area contributed by atoms with E-state index in [2.05, 4.69) is 31.2 Å². The van der Waals surface area contributed by atoms with Crippen LogP contribution in [0.25, 0.3) is 11.2 Å². The number of anilines is 2. The van der Waals surface area contributed by atoms with Gasteiger partial charge in [-0.1, -0.05) is 12.1 Å². The SMILES string of the molecule is C#CCC(Cc1cnc2nc(N)nc(N)c2n1)c1ccc(C(=O)NCCCC=O)cc1. The first-order valence-corrected chi connectivity index (χ1v) is 9.81. The molecule has 0 aliphatic carbocycles. The number of fused-ring (bicyclic) bond motifs is 1. The molecule has 3 aromatic rings. The first-order chi connectivity index (χ1) is 15.0. The van der Waals surface area contributed by atoms with Crippen LogP contribution in [0.3, 0.4) is 0 Å². The highest BCUT2D eigenvalue weighted by molar-refractivity contribution is 5.94. The van der Waals surface area contributed by atoms with Crippen molar-refractivity contribution >= 4 is 35.1 Å². The van der Waals surface area contributed by atoms with E-state index in [4.69, 9.17) is 17.9 Å². The molecule has 0 aliphatic rings. The third-order valence-corrected chi connectivity index (χ3v) is 4.75. The lowest BCUT2D eigenvalue weighted by Crippen LogP contribution is -2.24. The zero-order chi connectivity index (χ0) is 22.2. The molecule has 0 aliphatic heterocycles. The lowest BCUT2D eigenvalue weighted by atomic mass is 9.91. The van der Waals surface area contributed by atoms with Gasteiger partial charge in [0.1, 0.15) is 6.29 Å². The van der Waals surface area contributed by atoms with Crippen molar-refractivity contribution in [1.29, 1.82) is 0 Å². The van der Waals surface area contributed by atoms with Crippen LogP contribution in [0.15, 0.2) is 30.5 Å². The fourth-order valence-electron chi connectivity index (χ4n) is 3.18. The number of rotatable bonds is 9. The fraction of sp³-hybridized carbons (Fsp3) is 0.273. The molecule has 0 saturated carbocycles. The Balaban J connectivity index is 1.75. The third kappa shape index (κ3) is 5.51. The van der Waals surface area contributed by atoms with Crippen molar-refractivity contribution in [2.75, 3.05) is 18.0 Å². The Bertz CT molecular complexity index is 1120. The Kier molecular flexibility index (Phi) is 7.06. The molecule has 1 atom stereocenters. The number of nitrogens with two attached hydrogens (primary N) is 2. The smallest absolute Gasteiger partial charge is 0.251 e. The minimum absolute atomic E-state index is 0.0163. The molecule has 9 nitrogen and oxygen atoms in total. The molecule has 0 fully saturated rings. The number of amides is 1. The minimum atomic E-state index is -0.180. The van der Waals surface area contributed by atoms with Crippen LogP contribution >= 0.6 is 0 Å². The Labute approximate surface area is 179 Å². The van der Waals surface area contributed by atoms with E-state index in [1.807, 2.05) is 12.1 Å². The number of aromatic nitrogens is 4. The van der Waals surface area contributed by atoms with Gasteiger partial charge in [0.2, 0.25) is 5.95 Å². The number of benzene rings is 1. The summed E-state index contributed by atoms with van der Waals surface area (Å²) in [5.74, 6) is 2.72. The quantitative estimate of drug-likeness (QED) is 0.270. The van der Waals surface area contributed by atoms with E-state index in [1.165, 1.54) is 0 Å². The van der Waals surface area contributed by atoms with Gasteiger partial charge in [0.25, 0.3) is 5.91 Å². The third-order valence-electron chi connectivity index (χ3n) is 4.75. The van der Waals surface area contributed by atoms with Crippen LogP contribution in [0.2, 0.25) is 0 Å². The second-order valence-electron chi connectivity index (χ2n) is 7.00. The van der Waals surface area contributed by atoms with Crippen molar-refractivity contribution in [1.82, 2.24) is 25.3 Å². The average Bonchev–Trinajstić information content (AvgIpc) is 2.77. The van der Waals surface area contributed by atoms with E-state index < -0.39 is 0 Å². The lowest BCUT2D eigenvalue weighted by molar-refractivity contribution is -0.107. The number of hydrogen-bond donors (Lipinski definition) is 3. The maximum absolute atomic E-state index is 12.2. The molecule has 0 spiro atoms. The number of nitrogen functional groups attached to an aromatic ring is 2. The summed E-state index contributed by atoms with van der Waals surface area (Å²) >= 11 is 0. The van der Waals surface area contributed by atoms with Gasteiger partial charge in [-0.15, -0.1) is 12.3 Å². The van der Waals surface area contributed by atoms with E-state index in [0.717, 1.165) is 11.8 Å². The van der Waals surface area contributed by atoms with E-state index in [9.17, 15) is 9.59 Å². The number of nitrogens with one attached hydrogen (secondary N) is 1. The van der Waals surface area contributed by atoms with Gasteiger partial charge in [-0.05, 0) is 30.5 Å². The molecule has 1 amide bonds. The maximum Gasteiger partial charge on any atom is 0.251 e. The molecule has 3 rings (SSSR count). The first-order valence-electron chi connectivity index (χ1n) is 9.81. The molecule has 2 aromatic heterocycles. The molecule has 0 saturated heterocycles. The van der Waals surface area contributed by atoms with Crippen LogP contribution in [0.1, 0.15) is 46.8 Å². The summed E-state index contributed by atoms with van der Waals surface area (Å²) in [6.07, 6.45) is 10.1. The van der Waals surface area contributed by atoms with Crippen molar-refractivity contribution in [2.45, 2.75) is 31.6 Å². The van der Waals surface area contributed by atoms with E-state index >= 15 is 0 Å². The molecule has 0 radical (unpaired) electrons. The molecule has 5 N–H and O–H groups in total. The molecular formula is C22H23N7O2. The van der Waals surface area contributed by atoms with Gasteiger partial charge < -0.3 is 21.6 Å². The van der Waals surface area contributed by atoms with Gasteiger partial charge in [0, 0.05) is 30.9 Å². The molecule has 158 valence electrons. The van der Waals surface area contributed by atoms with Crippen LogP contribution < -0.4 is 16.8 Å². The Morgan fingerprint density at radius 3 is 2.68 bits per heavy atom. The molecule has 1 unspecified atom stereocenters. The number of carbonyl (C=O) groups excluding carboxylic acids is 2. The summed E-state index contributed by atoms with van der Waals surface area (Å²) in [7, 11) is 0. The molecular weight excluding hydrogens is 394 g/mol. The van der Waals surface area contributed by atoms with E-state index in [-0.39, 0.29) is 23.6 Å². The summed E-state index contributed by atoms with van der Waals surface area (Å²) in [5.41, 5.74) is 14.5. The summed E-state index contributed by atoms with van der Waals surface area (Å²) in [4.78, 5) is 39.3. The second-order valence-corrected chi connectivity index (χ2v) is 7.00. The second kappa shape index (κ2) is 10.1. The molecule has 9 heteroatoms. The highest BCUT2D eigenvalue weighted by Crippen LogP contribution is 2.25. The number of unbranched alkanes of at least 4 members (excludes halogenated alkanes) is 1. The van der Waals surface area contributed by atoms with Crippen LogP contribution in [0.5, 0.6) is 0 Å². The van der Waals surface area contributed by atoms with Gasteiger partial charge in [0.15, 0.2) is 17.0 Å². The van der Waals surface area contributed by atoms with E-state index in [1.54, 1.807) is 18.3 Å². The molecule has 31 heavy (non-hydrogen) atoms. The first kappa shape index (κ1) is 21.6. The van der Waals surface area contributed by atoms with Crippen LogP contribution in [0.4, 0.5) is 11.8 Å². The Morgan fingerprint density at radius 1 is 1.19 bits per heavy atom. The normalized spacial score (nSPS) is 11.6. The van der Waals surface area contributed by atoms with Crippen LogP contribution in [-0.2, 0) is 11.2 Å². The number of carbonyl (C=O) groups is 2. The van der Waals surface area contributed by atoms with Gasteiger partial charge in [-0.3, -0.25) is 4.79 Å². The average molecular weight is 417 g/mol. The molecule has 0 bridgehead atoms. The maximum atomic E-state index is 12.2. The molecule has 1 aromatic carbocycles. The van der Waals surface area contributed by atoms with Gasteiger partial charge in [0.05, 0.1) is 11.9 Å². The van der Waals surface area contributed by atoms with Crippen molar-refractivity contribution < 1.29 is 9.59 Å². The number of nitrogens with zero attached hydrogens (tertiary/aromatic N) is 4. The Hall–Kier alpha value is -4.06. The monoisotopic (exact) mass is 417 g/mol. The highest BCUT2D eigenvalue weighted by atomic mass is 16.1. The van der Waals surface area contributed by atoms with Gasteiger partial charge >= 0.3 is 0 Å². The summed E-state index contributed by atoms with van der Waals surface area (Å²) < 4.78 is 0. The highest BCUT2D eigenvalue weighted by Gasteiger charge is 2.15. The topological polar surface area (TPSA) is 150 Å². The van der Waals surface area contributed by atoms with Crippen LogP contribution in [0, 0.1) is 12.3 Å². The summed E-state index contributed by atoms with van der Waals surface area (Å²) in [6, 6.07) is 7.28. The minimum Gasteiger partial charge on any atom is -0.382 e. The van der Waals surface area contributed by atoms with E-state index in [0.29, 0.717) is 54.6 Å². The fourth-order valence-corrected chi connectivity index (χ4v) is 3.18. The van der Waals surface area contributed by atoms with Crippen molar-refractivity contribution in [3.8, 4) is 12.3 Å². The summed E-state index contributed by atoms with van der Waals surface area (Å²) in [5, 5.41) is 2.79. The predicted octanol–water partition coefficient (Wildman–Crippen LogP) is 1.64. The zero-order valence-corrected chi connectivity index (χ0v) is 16.9. The predicted molar refractivity (Wildman–Crippen MR) is 118 cm³/mol. The molecule has 2 heterocycles. The Morgan fingerprint density at radius 2 is 1.97 bits per heavy atom. The van der Waals surface area contributed by atoms with Crippen molar-refractivity contribution in [3.05, 3.63) is 47.3 Å². The van der Waals surface area contributed by atoms with Crippen molar-refractivity contribution in [2.24, 2.45) is 0 Å². The number of aldehydes is 1. The lowest BCUT2D eigenvalue weighted by Gasteiger charge is -2.15. The zero-order valence-electron chi connectivity index (χ0n) is 16.9. The summed E-state index contributed by atoms with van der Waals surface area (Å²) in [6.45, 7) is 0.457. The number of terminal acetylenes is 1. The van der Waals surface area contributed by atoms with Gasteiger partial charge in [-0.25, -0.2) is 9.97 Å². The van der Waals surface area contributed by atoms with Crippen molar-refractivity contribution in [3.63, 3.8) is 0 Å². The van der Waals surface area contributed by atoms with Gasteiger partial charge in [-0.2, -0.15) is 9.97 Å². The largest absolute Gasteiger partial charge is 0.382 e.